The van der Waals surface area contributed by atoms with E-state index in [9.17, 15) is 13.2 Å². The number of hydrogen-bond donors (Lipinski definition) is 1. The number of nitrogens with zero attached hydrogens (tertiary/aromatic N) is 3. The Balaban J connectivity index is 1.84. The standard InChI is InChI=1S/C17H11F3N4O/c18-17(19,20)12-4-1-3-10(7-12)11-8-14(21)24-15(9-11)22-16(23-24)13-5-2-6-25-13/h1-9H,21H2. The number of benzene rings is 1. The summed E-state index contributed by atoms with van der Waals surface area (Å²) in [6, 6.07) is 11.7. The SMILES string of the molecule is Nc1cc(-c2cccc(C(F)(F)F)c2)cc2nc(-c3ccco3)nn12. The highest BCUT2D eigenvalue weighted by Crippen LogP contribution is 2.33. The van der Waals surface area contributed by atoms with Crippen LogP contribution in [0, 0.1) is 0 Å². The summed E-state index contributed by atoms with van der Waals surface area (Å²) in [5.74, 6) is 1.08. The lowest BCUT2D eigenvalue weighted by Crippen LogP contribution is -2.04. The fraction of sp³-hybridized carbons (Fsp3) is 0.0588. The second-order valence-electron chi connectivity index (χ2n) is 5.43. The minimum absolute atomic E-state index is 0.259. The fourth-order valence-corrected chi connectivity index (χ4v) is 2.56. The number of anilines is 1. The lowest BCUT2D eigenvalue weighted by molar-refractivity contribution is -0.137. The van der Waals surface area contributed by atoms with E-state index in [1.807, 2.05) is 0 Å². The van der Waals surface area contributed by atoms with E-state index in [1.54, 1.807) is 30.3 Å². The van der Waals surface area contributed by atoms with E-state index in [0.29, 0.717) is 28.4 Å². The molecular formula is C17H11F3N4O. The van der Waals surface area contributed by atoms with Crippen molar-refractivity contribution in [3.63, 3.8) is 0 Å². The quantitative estimate of drug-likeness (QED) is 0.590. The number of rotatable bonds is 2. The maximum Gasteiger partial charge on any atom is 0.416 e. The van der Waals surface area contributed by atoms with Crippen molar-refractivity contribution in [2.75, 3.05) is 5.73 Å². The minimum atomic E-state index is -4.41. The Hall–Kier alpha value is -3.29. The van der Waals surface area contributed by atoms with Gasteiger partial charge in [0.25, 0.3) is 0 Å². The molecular weight excluding hydrogens is 333 g/mol. The van der Waals surface area contributed by atoms with Gasteiger partial charge in [-0.05, 0) is 47.5 Å². The fourth-order valence-electron chi connectivity index (χ4n) is 2.56. The van der Waals surface area contributed by atoms with Crippen LogP contribution in [0.3, 0.4) is 0 Å². The van der Waals surface area contributed by atoms with Crippen molar-refractivity contribution in [3.8, 4) is 22.7 Å². The van der Waals surface area contributed by atoms with Gasteiger partial charge in [0.05, 0.1) is 11.8 Å². The molecule has 0 bridgehead atoms. The maximum absolute atomic E-state index is 12.9. The topological polar surface area (TPSA) is 69.3 Å². The molecule has 0 saturated carbocycles. The highest BCUT2D eigenvalue weighted by atomic mass is 19.4. The van der Waals surface area contributed by atoms with Crippen molar-refractivity contribution in [2.24, 2.45) is 0 Å². The smallest absolute Gasteiger partial charge is 0.416 e. The number of halogens is 3. The number of fused-ring (bicyclic) bond motifs is 1. The molecule has 0 saturated heterocycles. The van der Waals surface area contributed by atoms with Gasteiger partial charge in [0.15, 0.2) is 11.4 Å². The van der Waals surface area contributed by atoms with Crippen LogP contribution in [-0.2, 0) is 6.18 Å². The molecule has 3 heterocycles. The number of alkyl halides is 3. The number of nitrogens with two attached hydrogens (primary N) is 1. The first-order valence-electron chi connectivity index (χ1n) is 7.29. The zero-order chi connectivity index (χ0) is 17.6. The molecule has 0 unspecified atom stereocenters. The van der Waals surface area contributed by atoms with Gasteiger partial charge >= 0.3 is 6.18 Å². The molecule has 0 aliphatic rings. The molecule has 0 aliphatic carbocycles. The molecule has 0 aliphatic heterocycles. The van der Waals surface area contributed by atoms with Crippen LogP contribution in [0.5, 0.6) is 0 Å². The molecule has 0 radical (unpaired) electrons. The molecule has 8 heteroatoms. The Morgan fingerprint density at radius 3 is 2.56 bits per heavy atom. The van der Waals surface area contributed by atoms with Crippen molar-refractivity contribution >= 4 is 11.5 Å². The Labute approximate surface area is 139 Å². The third-order valence-corrected chi connectivity index (χ3v) is 3.73. The molecule has 0 fully saturated rings. The lowest BCUT2D eigenvalue weighted by atomic mass is 10.0. The van der Waals surface area contributed by atoms with Crippen LogP contribution in [0.4, 0.5) is 19.0 Å². The monoisotopic (exact) mass is 344 g/mol. The Kier molecular flexibility index (Phi) is 3.28. The van der Waals surface area contributed by atoms with Gasteiger partial charge in [0.1, 0.15) is 5.82 Å². The van der Waals surface area contributed by atoms with Crippen LogP contribution in [0.25, 0.3) is 28.4 Å². The van der Waals surface area contributed by atoms with E-state index in [1.165, 1.54) is 16.8 Å². The second-order valence-corrected chi connectivity index (χ2v) is 5.43. The van der Waals surface area contributed by atoms with E-state index in [2.05, 4.69) is 10.1 Å². The van der Waals surface area contributed by atoms with Crippen LogP contribution in [0.15, 0.2) is 59.2 Å². The molecule has 25 heavy (non-hydrogen) atoms. The molecule has 1 aromatic carbocycles. The van der Waals surface area contributed by atoms with E-state index in [4.69, 9.17) is 10.2 Å². The zero-order valence-electron chi connectivity index (χ0n) is 12.7. The third-order valence-electron chi connectivity index (χ3n) is 3.73. The van der Waals surface area contributed by atoms with E-state index < -0.39 is 11.7 Å². The Morgan fingerprint density at radius 2 is 1.84 bits per heavy atom. The van der Waals surface area contributed by atoms with Gasteiger partial charge in [-0.2, -0.15) is 17.7 Å². The van der Waals surface area contributed by atoms with Gasteiger partial charge in [-0.3, -0.25) is 0 Å². The van der Waals surface area contributed by atoms with Gasteiger partial charge in [-0.1, -0.05) is 12.1 Å². The number of aromatic nitrogens is 3. The number of furan rings is 1. The van der Waals surface area contributed by atoms with E-state index >= 15 is 0 Å². The van der Waals surface area contributed by atoms with Crippen LogP contribution in [-0.4, -0.2) is 14.6 Å². The Morgan fingerprint density at radius 1 is 1.00 bits per heavy atom. The lowest BCUT2D eigenvalue weighted by Gasteiger charge is -2.09. The molecule has 0 atom stereocenters. The van der Waals surface area contributed by atoms with Gasteiger partial charge in [0, 0.05) is 0 Å². The molecule has 2 N–H and O–H groups in total. The van der Waals surface area contributed by atoms with Gasteiger partial charge in [-0.15, -0.1) is 5.10 Å². The molecule has 4 aromatic rings. The molecule has 5 nitrogen and oxygen atoms in total. The first-order valence-corrected chi connectivity index (χ1v) is 7.29. The maximum atomic E-state index is 12.9. The minimum Gasteiger partial charge on any atom is -0.461 e. The first-order chi connectivity index (χ1) is 11.9. The van der Waals surface area contributed by atoms with Gasteiger partial charge in [-0.25, -0.2) is 4.98 Å². The Bertz CT molecular complexity index is 1050. The second kappa shape index (κ2) is 5.37. The van der Waals surface area contributed by atoms with Crippen molar-refractivity contribution in [2.45, 2.75) is 6.18 Å². The predicted molar refractivity (Wildman–Crippen MR) is 85.5 cm³/mol. The van der Waals surface area contributed by atoms with E-state index in [0.717, 1.165) is 12.1 Å². The predicted octanol–water partition coefficient (Wildman–Crippen LogP) is 4.26. The molecule has 126 valence electrons. The average Bonchev–Trinajstić information content (AvgIpc) is 3.23. The summed E-state index contributed by atoms with van der Waals surface area (Å²) in [5, 5.41) is 4.25. The summed E-state index contributed by atoms with van der Waals surface area (Å²) in [6.07, 6.45) is -2.91. The summed E-state index contributed by atoms with van der Waals surface area (Å²) < 4.78 is 45.4. The molecule has 0 spiro atoms. The highest BCUT2D eigenvalue weighted by Gasteiger charge is 2.30. The highest BCUT2D eigenvalue weighted by molar-refractivity contribution is 5.72. The van der Waals surface area contributed by atoms with Gasteiger partial charge < -0.3 is 10.2 Å². The number of hydrogen-bond acceptors (Lipinski definition) is 4. The molecule has 4 rings (SSSR count). The normalized spacial score (nSPS) is 12.0. The van der Waals surface area contributed by atoms with Crippen LogP contribution in [0.2, 0.25) is 0 Å². The van der Waals surface area contributed by atoms with E-state index in [-0.39, 0.29) is 5.82 Å². The zero-order valence-corrected chi connectivity index (χ0v) is 12.7. The van der Waals surface area contributed by atoms with Crippen LogP contribution < -0.4 is 5.73 Å². The summed E-state index contributed by atoms with van der Waals surface area (Å²) in [6.45, 7) is 0. The van der Waals surface area contributed by atoms with Crippen molar-refractivity contribution < 1.29 is 17.6 Å². The third kappa shape index (κ3) is 2.71. The van der Waals surface area contributed by atoms with Crippen LogP contribution >= 0.6 is 0 Å². The summed E-state index contributed by atoms with van der Waals surface area (Å²) in [7, 11) is 0. The summed E-state index contributed by atoms with van der Waals surface area (Å²) >= 11 is 0. The van der Waals surface area contributed by atoms with Crippen LogP contribution in [0.1, 0.15) is 5.56 Å². The molecule has 0 amide bonds. The van der Waals surface area contributed by atoms with Gasteiger partial charge in [0.2, 0.25) is 5.82 Å². The molecule has 3 aromatic heterocycles. The number of pyridine rings is 1. The first kappa shape index (κ1) is 15.3. The largest absolute Gasteiger partial charge is 0.461 e. The van der Waals surface area contributed by atoms with Crippen molar-refractivity contribution in [1.82, 2.24) is 14.6 Å². The number of nitrogen functional groups attached to an aromatic ring is 1. The van der Waals surface area contributed by atoms with Crippen molar-refractivity contribution in [3.05, 3.63) is 60.4 Å². The summed E-state index contributed by atoms with van der Waals surface area (Å²) in [4.78, 5) is 4.33. The van der Waals surface area contributed by atoms with Crippen molar-refractivity contribution in [1.29, 1.82) is 0 Å². The average molecular weight is 344 g/mol. The summed E-state index contributed by atoms with van der Waals surface area (Å²) in [5.41, 5.74) is 6.60.